The summed E-state index contributed by atoms with van der Waals surface area (Å²) in [6, 6.07) is 23.2. The van der Waals surface area contributed by atoms with E-state index in [4.69, 9.17) is 23.4 Å². The minimum absolute atomic E-state index is 0.889. The van der Waals surface area contributed by atoms with Crippen molar-refractivity contribution in [2.24, 2.45) is 0 Å². The third kappa shape index (κ3) is 6.68. The maximum atomic E-state index is 8.49. The largest absolute Gasteiger partial charge is 0.497 e. The molecule has 1 aromatic heterocycles. The molecule has 0 amide bonds. The topological polar surface area (TPSA) is 101 Å². The molecular weight excluding hydrogens is 376 g/mol. The summed E-state index contributed by atoms with van der Waals surface area (Å²) in [5.74, 6) is 0.889. The predicted molar refractivity (Wildman–Crippen MR) is 90.9 cm³/mol. The van der Waals surface area contributed by atoms with E-state index in [1.165, 1.54) is 26.4 Å². The van der Waals surface area contributed by atoms with Crippen LogP contribution in [0.25, 0.3) is 21.6 Å². The molecule has 7 heteroatoms. The predicted octanol–water partition coefficient (Wildman–Crippen LogP) is 0.924. The quantitative estimate of drug-likeness (QED) is 0.617. The van der Waals surface area contributed by atoms with Crippen molar-refractivity contribution in [2.45, 2.75) is 6.92 Å². The summed E-state index contributed by atoms with van der Waals surface area (Å²) >= 11 is 1.81. The number of ether oxygens (including phenoxy) is 1. The van der Waals surface area contributed by atoms with Crippen molar-refractivity contribution in [3.63, 3.8) is 0 Å². The van der Waals surface area contributed by atoms with Crippen LogP contribution in [0, 0.1) is 17.2 Å². The van der Waals surface area contributed by atoms with Gasteiger partial charge in [0.1, 0.15) is 5.75 Å². The Morgan fingerprint density at radius 3 is 1.88 bits per heavy atom. The van der Waals surface area contributed by atoms with Gasteiger partial charge in [0.2, 0.25) is 21.1 Å². The average Bonchev–Trinajstić information content (AvgIpc) is 2.61. The minimum Gasteiger partial charge on any atom is -0.497 e. The van der Waals surface area contributed by atoms with Gasteiger partial charge >= 0.3 is 0 Å². The Bertz CT molecular complexity index is 827. The van der Waals surface area contributed by atoms with Crippen LogP contribution in [0.4, 0.5) is 0 Å². The number of methoxy groups -OCH3 is 1. The Labute approximate surface area is 158 Å². The lowest BCUT2D eigenvalue weighted by Crippen LogP contribution is -2.68. The van der Waals surface area contributed by atoms with Crippen molar-refractivity contribution in [3.8, 4) is 27.3 Å². The lowest BCUT2D eigenvalue weighted by atomic mass is 10.1. The van der Waals surface area contributed by atoms with E-state index in [2.05, 4.69) is 55.5 Å². The second kappa shape index (κ2) is 9.05. The standard InChI is InChI=1S/C19H17OS.ClHO4/c1-14-12-17(15-6-4-3-5-7-15)13-19(21-14)16-8-10-18(20-2)11-9-16;2-1(3,4)5/h3-13H,1-2H3;(H,2,3,4,5)/q+1;/p-1. The van der Waals surface area contributed by atoms with Crippen molar-refractivity contribution < 1.29 is 33.6 Å². The van der Waals surface area contributed by atoms with E-state index >= 15 is 0 Å². The Balaban J connectivity index is 0.000000431. The zero-order valence-corrected chi connectivity index (χ0v) is 15.8. The molecule has 0 atom stereocenters. The first-order valence-corrected chi connectivity index (χ1v) is 9.58. The summed E-state index contributed by atoms with van der Waals surface area (Å²) < 4.78 is 39.2. The molecule has 0 saturated carbocycles. The van der Waals surface area contributed by atoms with Gasteiger partial charge in [-0.2, -0.15) is 0 Å². The van der Waals surface area contributed by atoms with E-state index in [0.29, 0.717) is 0 Å². The van der Waals surface area contributed by atoms with Crippen LogP contribution in [0.2, 0.25) is 0 Å². The molecule has 0 radical (unpaired) electrons. The fourth-order valence-electron chi connectivity index (χ4n) is 2.33. The molecular formula is C19H17ClO5S. The van der Waals surface area contributed by atoms with Crippen molar-refractivity contribution in [2.75, 3.05) is 7.11 Å². The molecule has 26 heavy (non-hydrogen) atoms. The second-order valence-electron chi connectivity index (χ2n) is 5.29. The lowest BCUT2D eigenvalue weighted by Gasteiger charge is -2.17. The van der Waals surface area contributed by atoms with Crippen LogP contribution in [0.3, 0.4) is 0 Å². The molecule has 0 aliphatic carbocycles. The molecule has 0 fully saturated rings. The molecule has 0 aliphatic heterocycles. The molecule has 1 heterocycles. The highest BCUT2D eigenvalue weighted by molar-refractivity contribution is 7.15. The molecule has 0 aliphatic rings. The highest BCUT2D eigenvalue weighted by Crippen LogP contribution is 2.32. The Hall–Kier alpha value is -2.06. The molecule has 0 saturated heterocycles. The van der Waals surface area contributed by atoms with Gasteiger partial charge in [0.25, 0.3) is 0 Å². The molecule has 3 rings (SSSR count). The Kier molecular flexibility index (Phi) is 7.05. The van der Waals surface area contributed by atoms with Crippen molar-refractivity contribution in [1.29, 1.82) is 0 Å². The smallest absolute Gasteiger partial charge is 0.238 e. The zero-order valence-electron chi connectivity index (χ0n) is 14.2. The Morgan fingerprint density at radius 1 is 0.769 bits per heavy atom. The second-order valence-corrected chi connectivity index (χ2v) is 7.34. The summed E-state index contributed by atoms with van der Waals surface area (Å²) in [5, 5.41) is 0. The lowest BCUT2D eigenvalue weighted by molar-refractivity contribution is -2.00. The van der Waals surface area contributed by atoms with Crippen molar-refractivity contribution in [1.82, 2.24) is 0 Å². The minimum atomic E-state index is -4.94. The fraction of sp³-hybridized carbons (Fsp3) is 0.105. The number of hydrogen-bond donors (Lipinski definition) is 0. The van der Waals surface area contributed by atoms with Gasteiger partial charge in [-0.25, -0.2) is 18.6 Å². The maximum absolute atomic E-state index is 8.49. The van der Waals surface area contributed by atoms with E-state index < -0.39 is 10.2 Å². The van der Waals surface area contributed by atoms with Crippen molar-refractivity contribution in [3.05, 3.63) is 71.6 Å². The maximum Gasteiger partial charge on any atom is 0.238 e. The third-order valence-electron chi connectivity index (χ3n) is 3.40. The Morgan fingerprint density at radius 2 is 1.35 bits per heavy atom. The van der Waals surface area contributed by atoms with Gasteiger partial charge in [-0.1, -0.05) is 30.3 Å². The van der Waals surface area contributed by atoms with Crippen LogP contribution in [0.5, 0.6) is 5.75 Å². The number of benzene rings is 2. The molecule has 2 aromatic carbocycles. The van der Waals surface area contributed by atoms with Crippen LogP contribution < -0.4 is 23.4 Å². The molecule has 0 bridgehead atoms. The van der Waals surface area contributed by atoms with Crippen LogP contribution in [-0.4, -0.2) is 7.11 Å². The van der Waals surface area contributed by atoms with E-state index in [0.717, 1.165) is 5.75 Å². The fourth-order valence-corrected chi connectivity index (χ4v) is 3.30. The summed E-state index contributed by atoms with van der Waals surface area (Å²) in [6.45, 7) is 2.16. The number of halogens is 1. The summed E-state index contributed by atoms with van der Waals surface area (Å²) in [6.07, 6.45) is 0. The van der Waals surface area contributed by atoms with E-state index in [1.807, 2.05) is 29.5 Å². The van der Waals surface area contributed by atoms with Crippen LogP contribution >= 0.6 is 11.3 Å². The van der Waals surface area contributed by atoms with Gasteiger partial charge in [-0.05, 0) is 35.4 Å². The van der Waals surface area contributed by atoms with E-state index in [1.54, 1.807) is 7.11 Å². The van der Waals surface area contributed by atoms with Gasteiger partial charge in [0, 0.05) is 24.6 Å². The highest BCUT2D eigenvalue weighted by Gasteiger charge is 2.14. The molecule has 5 nitrogen and oxygen atoms in total. The number of hydrogen-bond acceptors (Lipinski definition) is 5. The van der Waals surface area contributed by atoms with E-state index in [9.17, 15) is 0 Å². The molecule has 136 valence electrons. The monoisotopic (exact) mass is 392 g/mol. The van der Waals surface area contributed by atoms with Gasteiger partial charge < -0.3 is 4.74 Å². The summed E-state index contributed by atoms with van der Waals surface area (Å²) in [4.78, 5) is 2.58. The molecule has 3 aromatic rings. The van der Waals surface area contributed by atoms with Crippen LogP contribution in [-0.2, 0) is 0 Å². The third-order valence-corrected chi connectivity index (χ3v) is 4.41. The van der Waals surface area contributed by atoms with Gasteiger partial charge in [-0.15, -0.1) is 10.2 Å². The number of aryl methyl sites for hydroxylation is 1. The van der Waals surface area contributed by atoms with E-state index in [-0.39, 0.29) is 0 Å². The number of rotatable bonds is 3. The van der Waals surface area contributed by atoms with Crippen LogP contribution in [0.15, 0.2) is 66.7 Å². The molecule has 0 N–H and O–H groups in total. The van der Waals surface area contributed by atoms with Crippen LogP contribution in [0.1, 0.15) is 4.88 Å². The molecule has 0 spiro atoms. The van der Waals surface area contributed by atoms with Gasteiger partial charge in [-0.3, -0.25) is 0 Å². The molecule has 0 unspecified atom stereocenters. The zero-order chi connectivity index (χ0) is 19.2. The highest BCUT2D eigenvalue weighted by atomic mass is 35.7. The first kappa shape index (κ1) is 20.3. The summed E-state index contributed by atoms with van der Waals surface area (Å²) in [5.41, 5.74) is 3.74. The van der Waals surface area contributed by atoms with Gasteiger partial charge in [0.15, 0.2) is 0 Å². The first-order chi connectivity index (χ1) is 12.3. The van der Waals surface area contributed by atoms with Crippen molar-refractivity contribution >= 4 is 11.3 Å². The SMILES string of the molecule is COc1ccc(-c2cc(-c3ccccc3)cc(C)[s+]2)cc1.[O-][Cl+3]([O-])([O-])[O-]. The normalized spacial score (nSPS) is 10.7. The summed E-state index contributed by atoms with van der Waals surface area (Å²) in [7, 11) is -3.25. The first-order valence-electron chi connectivity index (χ1n) is 7.52. The average molecular weight is 393 g/mol. The van der Waals surface area contributed by atoms with Gasteiger partial charge in [0.05, 0.1) is 7.11 Å².